The number of nitrogens with two attached hydrogens (primary N) is 4. The Morgan fingerprint density at radius 3 is 1.09 bits per heavy atom. The monoisotopic (exact) mass is 2210 g/mol. The number of ether oxygens (including phenoxy) is 13. The molecule has 7 saturated heterocycles. The second kappa shape index (κ2) is 37.1. The maximum absolute atomic E-state index is 11.0. The highest BCUT2D eigenvalue weighted by molar-refractivity contribution is 9.11. The smallest absolute Gasteiger partial charge is 0.165 e. The van der Waals surface area contributed by atoms with Crippen LogP contribution in [0.4, 0.5) is 23.3 Å². The number of nitrogens with zero attached hydrogens (tertiary/aromatic N) is 16. The van der Waals surface area contributed by atoms with Crippen LogP contribution in [-0.2, 0) is 47.4 Å². The fraction of sp³-hybridized carbons (Fsp3) is 0.355. The Labute approximate surface area is 839 Å². The molecule has 0 amide bonds. The van der Waals surface area contributed by atoms with Crippen LogP contribution in [0.25, 0.3) is 87.7 Å². The highest BCUT2D eigenvalue weighted by Gasteiger charge is 2.67. The van der Waals surface area contributed by atoms with Gasteiger partial charge in [-0.25, -0.2) is 59.8 Å². The Morgan fingerprint density at radius 1 is 0.370 bits per heavy atom. The molecule has 12 aromatic heterocycles. The van der Waals surface area contributed by atoms with E-state index >= 15 is 0 Å². The van der Waals surface area contributed by atoms with Crippen molar-refractivity contribution in [1.29, 1.82) is 0 Å². The van der Waals surface area contributed by atoms with Crippen molar-refractivity contribution in [1.82, 2.24) is 78.1 Å². The summed E-state index contributed by atoms with van der Waals surface area (Å²) in [6, 6.07) is 36.7. The van der Waals surface area contributed by atoms with Crippen molar-refractivity contribution in [3.63, 3.8) is 0 Å². The quantitative estimate of drug-likeness (QED) is 0.0370. The molecular formula is C93H90Br4Cl4N20O17. The minimum Gasteiger partial charge on any atom is -0.508 e. The van der Waals surface area contributed by atoms with Gasteiger partial charge in [0.05, 0.1) is 68.1 Å². The van der Waals surface area contributed by atoms with Crippen LogP contribution in [-0.4, -0.2) is 214 Å². The van der Waals surface area contributed by atoms with E-state index in [1.54, 1.807) is 47.2 Å². The predicted octanol–water partition coefficient (Wildman–Crippen LogP) is 17.0. The number of halogens is 8. The molecule has 4 aromatic carbocycles. The van der Waals surface area contributed by atoms with E-state index in [0.29, 0.717) is 100 Å². The van der Waals surface area contributed by atoms with Crippen LogP contribution < -0.4 is 37.1 Å². The van der Waals surface area contributed by atoms with Gasteiger partial charge in [-0.15, -0.1) is 0 Å². The third kappa shape index (κ3) is 18.3. The molecule has 0 saturated carbocycles. The van der Waals surface area contributed by atoms with E-state index < -0.39 is 107 Å². The summed E-state index contributed by atoms with van der Waals surface area (Å²) < 4.78 is 91.1. The molecule has 0 radical (unpaired) electrons. The Hall–Kier alpha value is -10.0. The van der Waals surface area contributed by atoms with Gasteiger partial charge in [0.1, 0.15) is 206 Å². The molecule has 0 bridgehead atoms. The van der Waals surface area contributed by atoms with E-state index in [4.69, 9.17) is 131 Å². The molecule has 0 spiro atoms. The lowest BCUT2D eigenvalue weighted by atomic mass is 9.95. The van der Waals surface area contributed by atoms with Gasteiger partial charge in [0.25, 0.3) is 0 Å². The SMILES string of the molecule is CC1(C)O[C@H]2[C@H](n3ccc4c(Cl)ncnc43)O[C@H](CO)[C@@]2(C)O1.CC1(C)O[C@H]2[C@H](n3ccc4c(Cl)ncnc43)O[C@H](COc3ccc4cc(Br)c(Cl)nc4c3)[C@@]2(C)O1.CC1(C)O[C@H]2[C@H](n3ccc4c(N)ncnc43)O[C@H](COc3ccc4cc(Br)c(N)nc4c3)[C@@]2(C)O1.C[C@@]1(O)[C@@H](COc2ccc3cc(Br)c(N)nc3c2)O[C@@H](n2ccc3c(N)ncnc32)[C@@H]1O.Oc1ccc2cc(Br)c(Cl)nc2c1. The van der Waals surface area contributed by atoms with Gasteiger partial charge in [0, 0.05) is 70.6 Å². The lowest BCUT2D eigenvalue weighted by molar-refractivity contribution is -0.214. The van der Waals surface area contributed by atoms with Crippen LogP contribution >= 0.6 is 110 Å². The van der Waals surface area contributed by atoms with Crippen molar-refractivity contribution in [3.8, 4) is 23.0 Å². The first kappa shape index (κ1) is 96.8. The maximum Gasteiger partial charge on any atom is 0.165 e. The van der Waals surface area contributed by atoms with Crippen molar-refractivity contribution in [3.05, 3.63) is 210 Å². The lowest BCUT2D eigenvalue weighted by Gasteiger charge is -2.29. The van der Waals surface area contributed by atoms with Gasteiger partial charge < -0.3 is 123 Å². The van der Waals surface area contributed by atoms with Gasteiger partial charge in [-0.05, 0) is 230 Å². The topological polar surface area (TPSA) is 479 Å². The van der Waals surface area contributed by atoms with Crippen molar-refractivity contribution >= 4 is 221 Å². The number of aromatic hydroxyl groups is 1. The summed E-state index contributed by atoms with van der Waals surface area (Å²) in [7, 11) is 0. The van der Waals surface area contributed by atoms with Crippen LogP contribution in [0, 0.1) is 0 Å². The summed E-state index contributed by atoms with van der Waals surface area (Å²) in [5.74, 6) is 1.27. The van der Waals surface area contributed by atoms with E-state index in [1.165, 1.54) is 32.2 Å². The van der Waals surface area contributed by atoms with Crippen LogP contribution in [0.5, 0.6) is 23.0 Å². The number of phenols is 1. The molecule has 19 heterocycles. The summed E-state index contributed by atoms with van der Waals surface area (Å²) in [6.07, 6.45) is 6.06. The molecule has 37 nitrogen and oxygen atoms in total. The van der Waals surface area contributed by atoms with Gasteiger partial charge in [0.2, 0.25) is 0 Å². The summed E-state index contributed by atoms with van der Waals surface area (Å²) in [6.45, 7) is 19.1. The number of fused-ring (bicyclic) bond motifs is 11. The van der Waals surface area contributed by atoms with Crippen molar-refractivity contribution < 1.29 is 82.0 Å². The molecule has 7 fully saturated rings. The molecule has 7 aliphatic heterocycles. The van der Waals surface area contributed by atoms with Crippen LogP contribution in [0.3, 0.4) is 0 Å². The van der Waals surface area contributed by atoms with Crippen LogP contribution in [0.1, 0.15) is 94.1 Å². The highest BCUT2D eigenvalue weighted by atomic mass is 79.9. The molecule has 138 heavy (non-hydrogen) atoms. The number of phenolic OH excluding ortho intramolecular Hbond substituents is 1. The standard InChI is InChI=1S/C24H21BrCl2N4O4.C24H25BrN6O4.C21H21BrN6O4.C15H18ClN3O4.C9H5BrClNO/c2*1-23(2)34-18-22(31-7-6-14-19(26)28-11-29-21(14)31)33-17(24(18,3)35-23)10-32-13-5-4-12-8-15(25)20(27)30-16(12)9-13;1-21(30)15(8-31-11-3-2-10-6-13(22)18(24)27-14(10)7-11)32-20(16(21)29)28-5-4-12-17(23)25-9-26-19(12)28;1-14(2)22-10-13(21-9(6-20)15(10,3)23-14)19-5-4-8-11(16)17-7-18-12(8)19;10-7-3-5-1-2-6(13)4-8(5)12-9(7)11/h4-9,11,17-18,22H,10H2,1-3H3;4-9,11,17-18,22H,10H2,1-3H3,(H2,27,30)(H2,26,28,29);2-7,9,15-16,20,29-30H,8H2,1H3,(H2,24,27)(H2,23,25,26);4-5,7,9-10,13,20H,6H2,1-3H3;1-4,13H/t2*17-,18+,22-,24-;15-,16+,20-,21-;9-,10+,13-,15-;/m1111./s1. The average Bonchev–Trinajstić information content (AvgIpc) is 1.56. The number of aliphatic hydroxyl groups excluding tert-OH is 2. The van der Waals surface area contributed by atoms with E-state index in [0.717, 1.165) is 66.6 Å². The molecule has 16 aromatic rings. The first-order chi connectivity index (χ1) is 65.6. The molecule has 0 aliphatic carbocycles. The fourth-order valence-electron chi connectivity index (χ4n) is 18.5. The summed E-state index contributed by atoms with van der Waals surface area (Å²) in [4.78, 5) is 50.8. The van der Waals surface area contributed by atoms with Gasteiger partial charge in [0.15, 0.2) is 42.3 Å². The zero-order valence-corrected chi connectivity index (χ0v) is 84.4. The van der Waals surface area contributed by atoms with Crippen LogP contribution in [0.15, 0.2) is 189 Å². The second-order valence-electron chi connectivity index (χ2n) is 35.9. The average molecular weight is 2220 g/mol. The number of benzene rings is 4. The largest absolute Gasteiger partial charge is 0.508 e. The molecule has 720 valence electrons. The Kier molecular flexibility index (Phi) is 26.0. The molecule has 12 N–H and O–H groups in total. The summed E-state index contributed by atoms with van der Waals surface area (Å²) in [5.41, 5.74) is 25.3. The minimum atomic E-state index is -1.57. The first-order valence-corrected chi connectivity index (χ1v) is 47.9. The van der Waals surface area contributed by atoms with Gasteiger partial charge in [-0.1, -0.05) is 46.4 Å². The molecule has 23 rings (SSSR count). The molecule has 45 heteroatoms. The fourth-order valence-corrected chi connectivity index (χ4v) is 20.5. The first-order valence-electron chi connectivity index (χ1n) is 43.2. The number of hydrogen-bond donors (Lipinski definition) is 8. The number of aliphatic hydroxyl groups is 3. The van der Waals surface area contributed by atoms with Gasteiger partial charge >= 0.3 is 0 Å². The number of aromatic nitrogens is 16. The van der Waals surface area contributed by atoms with Crippen molar-refractivity contribution in [2.45, 2.75) is 183 Å². The molecule has 7 aliphatic rings. The number of anilines is 4. The van der Waals surface area contributed by atoms with Crippen molar-refractivity contribution in [2.75, 3.05) is 49.4 Å². The summed E-state index contributed by atoms with van der Waals surface area (Å²) >= 11 is 37.8. The van der Waals surface area contributed by atoms with E-state index in [1.807, 2.05) is 180 Å². The lowest BCUT2D eigenvalue weighted by Crippen LogP contribution is -2.47. The number of pyridine rings is 4. The van der Waals surface area contributed by atoms with E-state index in [2.05, 4.69) is 124 Å². The Balaban J connectivity index is 0.000000113. The van der Waals surface area contributed by atoms with E-state index in [9.17, 15) is 20.4 Å². The van der Waals surface area contributed by atoms with Crippen molar-refractivity contribution in [2.24, 2.45) is 0 Å². The molecule has 16 atom stereocenters. The minimum absolute atomic E-state index is 0.00833. The zero-order valence-electron chi connectivity index (χ0n) is 75.0. The van der Waals surface area contributed by atoms with E-state index in [-0.39, 0.29) is 38.3 Å². The highest BCUT2D eigenvalue weighted by Crippen LogP contribution is 2.55. The third-order valence-electron chi connectivity index (χ3n) is 25.2. The normalized spacial score (nSPS) is 26.8. The second-order valence-corrected chi connectivity index (χ2v) is 40.7. The Morgan fingerprint density at radius 2 is 0.688 bits per heavy atom. The molecule has 0 unspecified atom stereocenters. The van der Waals surface area contributed by atoms with Gasteiger partial charge in [-0.2, -0.15) is 0 Å². The van der Waals surface area contributed by atoms with Crippen LogP contribution in [0.2, 0.25) is 20.6 Å². The number of nitrogen functional groups attached to an aromatic ring is 4. The Bertz CT molecular complexity index is 7200. The van der Waals surface area contributed by atoms with Gasteiger partial charge in [-0.3, -0.25) is 0 Å². The third-order valence-corrected chi connectivity index (χ3v) is 29.3. The summed E-state index contributed by atoms with van der Waals surface area (Å²) in [5, 5.41) is 48.9. The molecular weight excluding hydrogens is 2130 g/mol. The zero-order chi connectivity index (χ0) is 97.5. The predicted molar refractivity (Wildman–Crippen MR) is 528 cm³/mol. The number of rotatable bonds is 14. The maximum atomic E-state index is 11.0. The number of hydrogen-bond acceptors (Lipinski definition) is 33.